The quantitative estimate of drug-likeness (QED) is 0.504. The van der Waals surface area contributed by atoms with E-state index < -0.39 is 8.69 Å². The third kappa shape index (κ3) is 22.7. The van der Waals surface area contributed by atoms with Crippen molar-refractivity contribution in [1.29, 1.82) is 0 Å². The molecule has 0 rings (SSSR count). The molecule has 0 fully saturated rings. The molecule has 0 unspecified atom stereocenters. The van der Waals surface area contributed by atoms with Crippen LogP contribution in [-0.2, 0) is 9.30 Å². The van der Waals surface area contributed by atoms with E-state index in [0.717, 1.165) is 13.2 Å². The Labute approximate surface area is 89.1 Å². The summed E-state index contributed by atoms with van der Waals surface area (Å²) < 4.78 is 13.9. The topological polar surface area (TPSA) is 46.5 Å². The first-order valence-electron chi connectivity index (χ1n) is 5.37. The van der Waals surface area contributed by atoms with Crippen LogP contribution < -0.4 is 0 Å². The van der Waals surface area contributed by atoms with Crippen LogP contribution in [0.2, 0.25) is 0 Å². The van der Waals surface area contributed by atoms with Gasteiger partial charge in [0.05, 0.1) is 0 Å². The van der Waals surface area contributed by atoms with E-state index in [1.807, 2.05) is 0 Å². The first-order valence-corrected chi connectivity index (χ1v) is 6.14. The van der Waals surface area contributed by atoms with E-state index in [0.29, 0.717) is 0 Å². The number of unbranched alkanes of at least 4 members (excludes halogenated alkanes) is 4. The van der Waals surface area contributed by atoms with Gasteiger partial charge in [0.25, 0.3) is 0 Å². The molecule has 86 valence electrons. The van der Waals surface area contributed by atoms with Crippen molar-refractivity contribution < 1.29 is 14.2 Å². The predicted octanol–water partition coefficient (Wildman–Crippen LogP) is 3.57. The summed E-state index contributed by atoms with van der Waals surface area (Å²) in [4.78, 5) is 6.99. The van der Waals surface area contributed by atoms with Crippen LogP contribution >= 0.6 is 8.69 Å². The largest absolute Gasteiger partial charge is 0.381 e. The highest BCUT2D eigenvalue weighted by Gasteiger charge is 1.88. The lowest BCUT2D eigenvalue weighted by Gasteiger charge is -2.01. The SMILES string of the molecule is CCCCCOCCCCC.O=PO. The Kier molecular flexibility index (Phi) is 22.0. The molecule has 0 aliphatic carbocycles. The van der Waals surface area contributed by atoms with Crippen LogP contribution in [-0.4, -0.2) is 18.1 Å². The van der Waals surface area contributed by atoms with Gasteiger partial charge in [0.1, 0.15) is 0 Å². The second-order valence-corrected chi connectivity index (χ2v) is 3.27. The van der Waals surface area contributed by atoms with E-state index in [2.05, 4.69) is 13.8 Å². The fraction of sp³-hybridized carbons (Fsp3) is 1.00. The molecule has 0 bridgehead atoms. The molecule has 0 aromatic rings. The van der Waals surface area contributed by atoms with Gasteiger partial charge in [-0.15, -0.1) is 0 Å². The first kappa shape index (κ1) is 16.4. The molecule has 0 heterocycles. The minimum Gasteiger partial charge on any atom is -0.381 e. The molecule has 14 heavy (non-hydrogen) atoms. The maximum Gasteiger partial charge on any atom is 0.324 e. The summed E-state index contributed by atoms with van der Waals surface area (Å²) in [6.07, 6.45) is 7.68. The Bertz CT molecular complexity index is 91.4. The third-order valence-electron chi connectivity index (χ3n) is 1.78. The molecule has 0 aromatic carbocycles. The smallest absolute Gasteiger partial charge is 0.324 e. The molecule has 1 N–H and O–H groups in total. The normalized spacial score (nSPS) is 9.64. The zero-order valence-electron chi connectivity index (χ0n) is 9.37. The van der Waals surface area contributed by atoms with Crippen LogP contribution in [0, 0.1) is 0 Å². The fourth-order valence-corrected chi connectivity index (χ4v) is 1.01. The van der Waals surface area contributed by atoms with Crippen LogP contribution in [0.15, 0.2) is 0 Å². The molecule has 0 saturated carbocycles. The van der Waals surface area contributed by atoms with Crippen LogP contribution in [0.1, 0.15) is 52.4 Å². The van der Waals surface area contributed by atoms with Crippen molar-refractivity contribution in [3.8, 4) is 0 Å². The lowest BCUT2D eigenvalue weighted by Crippen LogP contribution is -1.96. The minimum atomic E-state index is -0.833. The lowest BCUT2D eigenvalue weighted by molar-refractivity contribution is 0.126. The van der Waals surface area contributed by atoms with E-state index in [-0.39, 0.29) is 0 Å². The summed E-state index contributed by atoms with van der Waals surface area (Å²) in [7, 11) is -0.833. The molecule has 0 aromatic heterocycles. The summed E-state index contributed by atoms with van der Waals surface area (Å²) in [5.74, 6) is 0. The van der Waals surface area contributed by atoms with Crippen molar-refractivity contribution in [2.45, 2.75) is 52.4 Å². The van der Waals surface area contributed by atoms with Gasteiger partial charge < -0.3 is 9.63 Å². The molecule has 4 heteroatoms. The average Bonchev–Trinajstić information content (AvgIpc) is 2.18. The standard InChI is InChI=1S/C10H22O.HO2P/c1-3-5-7-9-11-10-8-6-4-2;1-3-2/h3-10H2,1-2H3;(H,1,2). The zero-order chi connectivity index (χ0) is 11.1. The maximum atomic E-state index is 8.46. The monoisotopic (exact) mass is 222 g/mol. The fourth-order valence-electron chi connectivity index (χ4n) is 1.01. The lowest BCUT2D eigenvalue weighted by atomic mass is 10.2. The van der Waals surface area contributed by atoms with Gasteiger partial charge in [-0.05, 0) is 12.8 Å². The van der Waals surface area contributed by atoms with E-state index in [1.165, 1.54) is 38.5 Å². The van der Waals surface area contributed by atoms with Gasteiger partial charge in [-0.25, -0.2) is 4.57 Å². The predicted molar refractivity (Wildman–Crippen MR) is 59.7 cm³/mol. The summed E-state index contributed by atoms with van der Waals surface area (Å²) in [5, 5.41) is 0. The molecule has 0 atom stereocenters. The molecule has 0 radical (unpaired) electrons. The van der Waals surface area contributed by atoms with Gasteiger partial charge >= 0.3 is 8.69 Å². The molecule has 3 nitrogen and oxygen atoms in total. The van der Waals surface area contributed by atoms with Crippen molar-refractivity contribution >= 4 is 8.69 Å². The summed E-state index contributed by atoms with van der Waals surface area (Å²) in [5.41, 5.74) is 0. The third-order valence-corrected chi connectivity index (χ3v) is 1.78. The molecular weight excluding hydrogens is 199 g/mol. The number of ether oxygens (including phenoxy) is 1. The molecule has 0 aliphatic heterocycles. The highest BCUT2D eigenvalue weighted by Crippen LogP contribution is 1.97. The van der Waals surface area contributed by atoms with Crippen LogP contribution in [0.4, 0.5) is 0 Å². The highest BCUT2D eigenvalue weighted by molar-refractivity contribution is 7.16. The molecule has 0 aliphatic rings. The number of rotatable bonds is 8. The summed E-state index contributed by atoms with van der Waals surface area (Å²) in [6, 6.07) is 0. The van der Waals surface area contributed by atoms with Crippen molar-refractivity contribution in [2.75, 3.05) is 13.2 Å². The van der Waals surface area contributed by atoms with Crippen LogP contribution in [0.3, 0.4) is 0 Å². The molecule has 0 saturated heterocycles. The Morgan fingerprint density at radius 3 is 1.64 bits per heavy atom. The van der Waals surface area contributed by atoms with Crippen molar-refractivity contribution in [3.05, 3.63) is 0 Å². The highest BCUT2D eigenvalue weighted by atomic mass is 31.1. The van der Waals surface area contributed by atoms with Crippen molar-refractivity contribution in [2.24, 2.45) is 0 Å². The van der Waals surface area contributed by atoms with E-state index in [1.54, 1.807) is 0 Å². The number of hydrogen-bond acceptors (Lipinski definition) is 2. The van der Waals surface area contributed by atoms with Crippen LogP contribution in [0.5, 0.6) is 0 Å². The molecular formula is C10H23O3P. The Morgan fingerprint density at radius 1 is 1.00 bits per heavy atom. The average molecular weight is 222 g/mol. The van der Waals surface area contributed by atoms with E-state index >= 15 is 0 Å². The zero-order valence-corrected chi connectivity index (χ0v) is 10.3. The maximum absolute atomic E-state index is 8.46. The van der Waals surface area contributed by atoms with Gasteiger partial charge in [-0.3, -0.25) is 0 Å². The Balaban J connectivity index is 0. The second-order valence-electron chi connectivity index (χ2n) is 3.11. The van der Waals surface area contributed by atoms with Gasteiger partial charge in [-0.2, -0.15) is 0 Å². The van der Waals surface area contributed by atoms with E-state index in [9.17, 15) is 0 Å². The van der Waals surface area contributed by atoms with Gasteiger partial charge in [0.2, 0.25) is 0 Å². The van der Waals surface area contributed by atoms with Gasteiger partial charge in [0, 0.05) is 13.2 Å². The Hall–Kier alpha value is 0.0200. The summed E-state index contributed by atoms with van der Waals surface area (Å²) in [6.45, 7) is 6.38. The minimum absolute atomic E-state index is 0.833. The summed E-state index contributed by atoms with van der Waals surface area (Å²) >= 11 is 0. The van der Waals surface area contributed by atoms with Gasteiger partial charge in [0.15, 0.2) is 0 Å². The first-order chi connectivity index (χ1) is 6.83. The van der Waals surface area contributed by atoms with E-state index in [4.69, 9.17) is 14.2 Å². The number of hydrogen-bond donors (Lipinski definition) is 1. The Morgan fingerprint density at radius 2 is 1.36 bits per heavy atom. The van der Waals surface area contributed by atoms with Crippen molar-refractivity contribution in [1.82, 2.24) is 0 Å². The van der Waals surface area contributed by atoms with Gasteiger partial charge in [-0.1, -0.05) is 39.5 Å². The molecule has 0 amide bonds. The van der Waals surface area contributed by atoms with Crippen LogP contribution in [0.25, 0.3) is 0 Å². The second kappa shape index (κ2) is 18.7. The molecule has 0 spiro atoms. The van der Waals surface area contributed by atoms with Crippen molar-refractivity contribution in [3.63, 3.8) is 0 Å².